The predicted molar refractivity (Wildman–Crippen MR) is 148 cm³/mol. The summed E-state index contributed by atoms with van der Waals surface area (Å²) in [4.78, 5) is 27.1. The molecular formula is C33H45F3N2O2. The lowest BCUT2D eigenvalue weighted by Crippen LogP contribution is -2.69. The molecule has 3 saturated carbocycles. The topological polar surface area (TPSA) is 70.0 Å². The molecule has 0 spiro atoms. The molecule has 1 amide bonds. The van der Waals surface area contributed by atoms with Crippen molar-refractivity contribution in [2.75, 3.05) is 0 Å². The molecule has 3 fully saturated rings. The first kappa shape index (κ1) is 29.4. The van der Waals surface area contributed by atoms with E-state index in [2.05, 4.69) is 65.9 Å². The lowest BCUT2D eigenvalue weighted by atomic mass is 9.35. The van der Waals surface area contributed by atoms with Crippen LogP contribution < -0.4 is 5.32 Å². The molecule has 7 heteroatoms. The SMILES string of the molecule is CC1(C)CC[C@]2(NC(=O)CC(F)(F)F)CC[C@]3(C)C(C(=O)C=C4[C@@]5(C)C=C(C#N)CC(C)(C)[C@@H]5CC[C@]43C)C2C1. The largest absolute Gasteiger partial charge is 0.397 e. The number of carbonyl (C=O) groups excluding carboxylic acids is 2. The Morgan fingerprint density at radius 1 is 1.05 bits per heavy atom. The fourth-order valence-electron chi connectivity index (χ4n) is 10.6. The minimum Gasteiger partial charge on any atom is -0.350 e. The van der Waals surface area contributed by atoms with Gasteiger partial charge in [-0.15, -0.1) is 0 Å². The molecule has 0 aromatic carbocycles. The maximum atomic E-state index is 14.4. The molecule has 0 saturated heterocycles. The van der Waals surface area contributed by atoms with Gasteiger partial charge in [0.25, 0.3) is 0 Å². The number of nitrogens with zero attached hydrogens (tertiary/aromatic N) is 1. The average molecular weight is 559 g/mol. The maximum absolute atomic E-state index is 14.4. The van der Waals surface area contributed by atoms with Gasteiger partial charge in [-0.05, 0) is 90.9 Å². The quantitative estimate of drug-likeness (QED) is 0.375. The highest BCUT2D eigenvalue weighted by atomic mass is 19.4. The summed E-state index contributed by atoms with van der Waals surface area (Å²) < 4.78 is 39.5. The first-order chi connectivity index (χ1) is 18.2. The van der Waals surface area contributed by atoms with Gasteiger partial charge in [0.05, 0.1) is 6.07 Å². The van der Waals surface area contributed by atoms with Gasteiger partial charge in [0, 0.05) is 22.4 Å². The monoisotopic (exact) mass is 558 g/mol. The molecule has 0 aromatic rings. The molecule has 5 aliphatic carbocycles. The number of fused-ring (bicyclic) bond motifs is 7. The van der Waals surface area contributed by atoms with Crippen LogP contribution in [0.3, 0.4) is 0 Å². The number of halogens is 3. The highest BCUT2D eigenvalue weighted by molar-refractivity contribution is 5.96. The van der Waals surface area contributed by atoms with Crippen LogP contribution >= 0.6 is 0 Å². The standard InChI is InChI=1S/C33H45F3N2O2/c1-27(2)10-12-32(38-25(40)18-33(34,35)36)13-11-31(7)26(21(32)17-27)22(39)14-24-29(5)16-20(19-37)15-28(3,4)23(29)8-9-30(24,31)6/h14,16,21,23,26H,8-13,15,17-18H2,1-7H3,(H,38,40)/t21?,23-,26?,29-,30+,31+,32-/m0/s1. The minimum atomic E-state index is -4.57. The Hall–Kier alpha value is -2.10. The van der Waals surface area contributed by atoms with Crippen LogP contribution in [0.1, 0.15) is 106 Å². The van der Waals surface area contributed by atoms with Crippen LogP contribution in [0.2, 0.25) is 0 Å². The van der Waals surface area contributed by atoms with Crippen LogP contribution in [0.4, 0.5) is 13.2 Å². The molecule has 40 heavy (non-hydrogen) atoms. The number of allylic oxidation sites excluding steroid dienone is 4. The molecule has 0 heterocycles. The van der Waals surface area contributed by atoms with E-state index in [0.29, 0.717) is 31.6 Å². The third kappa shape index (κ3) is 4.21. The maximum Gasteiger partial charge on any atom is 0.397 e. The number of hydrogen-bond donors (Lipinski definition) is 1. The molecule has 2 unspecified atom stereocenters. The Bertz CT molecular complexity index is 1240. The average Bonchev–Trinajstić information content (AvgIpc) is 2.79. The van der Waals surface area contributed by atoms with Gasteiger partial charge in [-0.25, -0.2) is 0 Å². The molecule has 7 atom stereocenters. The van der Waals surface area contributed by atoms with Gasteiger partial charge < -0.3 is 5.32 Å². The number of nitrogens with one attached hydrogen (secondary N) is 1. The van der Waals surface area contributed by atoms with Gasteiger partial charge in [0.2, 0.25) is 5.91 Å². The summed E-state index contributed by atoms with van der Waals surface area (Å²) in [6, 6.07) is 2.42. The Labute approximate surface area is 237 Å². The highest BCUT2D eigenvalue weighted by Gasteiger charge is 2.69. The van der Waals surface area contributed by atoms with Gasteiger partial charge in [-0.3, -0.25) is 9.59 Å². The molecule has 1 N–H and O–H groups in total. The van der Waals surface area contributed by atoms with E-state index in [0.717, 1.165) is 36.8 Å². The van der Waals surface area contributed by atoms with Crippen molar-refractivity contribution < 1.29 is 22.8 Å². The van der Waals surface area contributed by atoms with Crippen LogP contribution in [0.15, 0.2) is 23.3 Å². The van der Waals surface area contributed by atoms with E-state index in [-0.39, 0.29) is 33.9 Å². The van der Waals surface area contributed by atoms with Crippen molar-refractivity contribution in [2.45, 2.75) is 118 Å². The van der Waals surface area contributed by atoms with Crippen molar-refractivity contribution in [3.05, 3.63) is 23.3 Å². The highest BCUT2D eigenvalue weighted by Crippen LogP contribution is 2.73. The van der Waals surface area contributed by atoms with E-state index < -0.39 is 34.9 Å². The summed E-state index contributed by atoms with van der Waals surface area (Å²) in [5.41, 5.74) is -0.164. The van der Waals surface area contributed by atoms with Crippen LogP contribution in [0, 0.1) is 56.2 Å². The lowest BCUT2D eigenvalue weighted by molar-refractivity contribution is -0.169. The predicted octanol–water partition coefficient (Wildman–Crippen LogP) is 7.85. The summed E-state index contributed by atoms with van der Waals surface area (Å²) >= 11 is 0. The first-order valence-corrected chi connectivity index (χ1v) is 15.0. The Morgan fingerprint density at radius 3 is 2.33 bits per heavy atom. The van der Waals surface area contributed by atoms with Gasteiger partial charge in [-0.2, -0.15) is 18.4 Å². The summed E-state index contributed by atoms with van der Waals surface area (Å²) in [6.45, 7) is 15.6. The van der Waals surface area contributed by atoms with E-state index in [4.69, 9.17) is 0 Å². The second-order valence-electron chi connectivity index (χ2n) is 16.0. The molecule has 0 aromatic heterocycles. The number of carbonyl (C=O) groups is 2. The lowest BCUT2D eigenvalue weighted by Gasteiger charge is -2.69. The van der Waals surface area contributed by atoms with Crippen molar-refractivity contribution in [2.24, 2.45) is 44.8 Å². The summed E-state index contributed by atoms with van der Waals surface area (Å²) in [5, 5.41) is 12.8. The van der Waals surface area contributed by atoms with Gasteiger partial charge in [0.15, 0.2) is 5.78 Å². The normalized spacial score (nSPS) is 43.5. The number of alkyl halides is 3. The molecule has 0 bridgehead atoms. The fourth-order valence-corrected chi connectivity index (χ4v) is 10.6. The molecule has 220 valence electrons. The third-order valence-electron chi connectivity index (χ3n) is 12.6. The number of ketones is 1. The van der Waals surface area contributed by atoms with E-state index >= 15 is 0 Å². The number of amides is 1. The Morgan fingerprint density at radius 2 is 1.70 bits per heavy atom. The fraction of sp³-hybridized carbons (Fsp3) is 0.788. The summed E-state index contributed by atoms with van der Waals surface area (Å²) in [5.74, 6) is -1.24. The van der Waals surface area contributed by atoms with Gasteiger partial charge in [0.1, 0.15) is 6.42 Å². The summed E-state index contributed by atoms with van der Waals surface area (Å²) in [7, 11) is 0. The smallest absolute Gasteiger partial charge is 0.350 e. The van der Waals surface area contributed by atoms with Gasteiger partial charge >= 0.3 is 6.18 Å². The van der Waals surface area contributed by atoms with Gasteiger partial charge in [-0.1, -0.05) is 60.1 Å². The van der Waals surface area contributed by atoms with Crippen molar-refractivity contribution in [3.63, 3.8) is 0 Å². The summed E-state index contributed by atoms with van der Waals surface area (Å²) in [6.07, 6.45) is 3.92. The Balaban J connectivity index is 1.62. The van der Waals surface area contributed by atoms with Crippen molar-refractivity contribution in [1.29, 1.82) is 5.26 Å². The van der Waals surface area contributed by atoms with Crippen LogP contribution in [0.5, 0.6) is 0 Å². The van der Waals surface area contributed by atoms with E-state index in [9.17, 15) is 28.0 Å². The van der Waals surface area contributed by atoms with Crippen molar-refractivity contribution in [3.8, 4) is 6.07 Å². The number of rotatable bonds is 2. The minimum absolute atomic E-state index is 0.0454. The first-order valence-electron chi connectivity index (χ1n) is 15.0. The molecular weight excluding hydrogens is 513 g/mol. The van der Waals surface area contributed by atoms with Crippen LogP contribution in [0.25, 0.3) is 0 Å². The van der Waals surface area contributed by atoms with Crippen LogP contribution in [-0.4, -0.2) is 23.4 Å². The molecule has 5 aliphatic rings. The second kappa shape index (κ2) is 8.71. The van der Waals surface area contributed by atoms with Crippen LogP contribution in [-0.2, 0) is 9.59 Å². The number of hydrogen-bond acceptors (Lipinski definition) is 3. The molecule has 5 rings (SSSR count). The number of nitriles is 1. The van der Waals surface area contributed by atoms with E-state index in [1.165, 1.54) is 0 Å². The zero-order chi connectivity index (χ0) is 29.7. The zero-order valence-corrected chi connectivity index (χ0v) is 25.1. The van der Waals surface area contributed by atoms with Crippen molar-refractivity contribution in [1.82, 2.24) is 5.32 Å². The molecule has 0 aliphatic heterocycles. The Kier molecular flexibility index (Phi) is 6.40. The van der Waals surface area contributed by atoms with Crippen molar-refractivity contribution >= 4 is 11.7 Å². The second-order valence-corrected chi connectivity index (χ2v) is 16.0. The molecule has 0 radical (unpaired) electrons. The zero-order valence-electron chi connectivity index (χ0n) is 25.1. The van der Waals surface area contributed by atoms with E-state index in [1.54, 1.807) is 0 Å². The third-order valence-corrected chi connectivity index (χ3v) is 12.6. The van der Waals surface area contributed by atoms with E-state index in [1.807, 2.05) is 6.08 Å². The molecule has 4 nitrogen and oxygen atoms in total.